The zero-order valence-corrected chi connectivity index (χ0v) is 10.9. The van der Waals surface area contributed by atoms with Crippen molar-refractivity contribution in [3.63, 3.8) is 0 Å². The van der Waals surface area contributed by atoms with Crippen LogP contribution in [0.25, 0.3) is 0 Å². The van der Waals surface area contributed by atoms with Crippen molar-refractivity contribution >= 4 is 15.9 Å². The molecule has 0 bridgehead atoms. The number of amides is 1. The van der Waals surface area contributed by atoms with Crippen LogP contribution < -0.4 is 15.5 Å². The lowest BCUT2D eigenvalue weighted by atomic mass is 10.2. The molecule has 0 aliphatic rings. The van der Waals surface area contributed by atoms with Gasteiger partial charge in [0.05, 0.1) is 6.26 Å². The summed E-state index contributed by atoms with van der Waals surface area (Å²) in [5.41, 5.74) is 0.287. The van der Waals surface area contributed by atoms with Crippen LogP contribution in [0.15, 0.2) is 17.1 Å². The molecule has 0 saturated carbocycles. The van der Waals surface area contributed by atoms with E-state index in [0.29, 0.717) is 5.69 Å². The first-order valence-electron chi connectivity index (χ1n) is 5.22. The average Bonchev–Trinajstić information content (AvgIpc) is 2.22. The second-order valence-electron chi connectivity index (χ2n) is 3.82. The van der Waals surface area contributed by atoms with Gasteiger partial charge in [-0.25, -0.2) is 13.1 Å². The maximum Gasteiger partial charge on any atom is 0.256 e. The maximum atomic E-state index is 11.6. The zero-order valence-electron chi connectivity index (χ0n) is 10.1. The van der Waals surface area contributed by atoms with E-state index in [4.69, 9.17) is 0 Å². The highest BCUT2D eigenvalue weighted by Gasteiger charge is 2.09. The van der Waals surface area contributed by atoms with Gasteiger partial charge in [0.2, 0.25) is 10.0 Å². The molecule has 0 atom stereocenters. The summed E-state index contributed by atoms with van der Waals surface area (Å²) in [6.45, 7) is 1.90. The van der Waals surface area contributed by atoms with Gasteiger partial charge in [-0.3, -0.25) is 9.59 Å². The number of carbonyl (C=O) groups is 1. The predicted octanol–water partition coefficient (Wildman–Crippen LogP) is -1.04. The van der Waals surface area contributed by atoms with Crippen molar-refractivity contribution in [2.45, 2.75) is 6.92 Å². The molecule has 1 aromatic rings. The van der Waals surface area contributed by atoms with Gasteiger partial charge in [-0.1, -0.05) is 0 Å². The van der Waals surface area contributed by atoms with Crippen LogP contribution in [-0.4, -0.2) is 38.7 Å². The molecule has 0 aliphatic carbocycles. The number of hydrogen-bond donors (Lipinski definition) is 3. The fourth-order valence-electron chi connectivity index (χ4n) is 1.26. The Morgan fingerprint density at radius 3 is 2.61 bits per heavy atom. The second kappa shape index (κ2) is 5.78. The first kappa shape index (κ1) is 14.4. The number of aryl methyl sites for hydroxylation is 1. The van der Waals surface area contributed by atoms with Crippen molar-refractivity contribution < 1.29 is 13.2 Å². The molecular formula is C10H15N3O4S. The molecule has 8 heteroatoms. The highest BCUT2D eigenvalue weighted by atomic mass is 32.2. The molecule has 1 rings (SSSR count). The number of rotatable bonds is 5. The Bertz CT molecular complexity index is 591. The minimum atomic E-state index is -3.27. The Balaban J connectivity index is 2.54. The molecule has 0 spiro atoms. The largest absolute Gasteiger partial charge is 0.364 e. The third kappa shape index (κ3) is 4.68. The Kier molecular flexibility index (Phi) is 4.62. The number of pyridine rings is 1. The summed E-state index contributed by atoms with van der Waals surface area (Å²) >= 11 is 0. The van der Waals surface area contributed by atoms with E-state index in [9.17, 15) is 18.0 Å². The summed E-state index contributed by atoms with van der Waals surface area (Å²) in [4.78, 5) is 25.8. The molecule has 1 heterocycles. The number of sulfonamides is 1. The van der Waals surface area contributed by atoms with Crippen LogP contribution >= 0.6 is 0 Å². The number of aromatic nitrogens is 1. The molecule has 0 unspecified atom stereocenters. The molecule has 7 nitrogen and oxygen atoms in total. The lowest BCUT2D eigenvalue weighted by Crippen LogP contribution is -2.36. The monoisotopic (exact) mass is 273 g/mol. The molecule has 0 radical (unpaired) electrons. The number of H-pyrrole nitrogens is 1. The fourth-order valence-corrected chi connectivity index (χ4v) is 1.73. The highest BCUT2D eigenvalue weighted by molar-refractivity contribution is 7.88. The first-order valence-corrected chi connectivity index (χ1v) is 7.11. The van der Waals surface area contributed by atoms with Crippen molar-refractivity contribution in [3.05, 3.63) is 33.7 Å². The molecule has 100 valence electrons. The van der Waals surface area contributed by atoms with Crippen molar-refractivity contribution in [3.8, 4) is 0 Å². The number of carbonyl (C=O) groups excluding carboxylic acids is 1. The van der Waals surface area contributed by atoms with E-state index in [1.807, 2.05) is 0 Å². The van der Waals surface area contributed by atoms with Crippen LogP contribution in [0.1, 0.15) is 16.1 Å². The molecule has 1 amide bonds. The number of nitrogens with one attached hydrogen (secondary N) is 3. The summed E-state index contributed by atoms with van der Waals surface area (Å²) in [6.07, 6.45) is 2.36. The third-order valence-corrected chi connectivity index (χ3v) is 2.81. The highest BCUT2D eigenvalue weighted by Crippen LogP contribution is 1.91. The lowest BCUT2D eigenvalue weighted by Gasteiger charge is -2.05. The number of hydrogen-bond acceptors (Lipinski definition) is 4. The van der Waals surface area contributed by atoms with E-state index in [1.165, 1.54) is 12.3 Å². The van der Waals surface area contributed by atoms with Crippen LogP contribution in [0, 0.1) is 6.92 Å². The first-order chi connectivity index (χ1) is 8.29. The van der Waals surface area contributed by atoms with Gasteiger partial charge in [-0.05, 0) is 6.92 Å². The van der Waals surface area contributed by atoms with Gasteiger partial charge in [0.1, 0.15) is 5.56 Å². The van der Waals surface area contributed by atoms with Gasteiger partial charge in [0.25, 0.3) is 5.91 Å². The second-order valence-corrected chi connectivity index (χ2v) is 5.65. The summed E-state index contributed by atoms with van der Waals surface area (Å²) in [6, 6.07) is 1.32. The molecular weight excluding hydrogens is 258 g/mol. The molecule has 0 aromatic carbocycles. The van der Waals surface area contributed by atoms with Crippen LogP contribution in [0.4, 0.5) is 0 Å². The third-order valence-electron chi connectivity index (χ3n) is 2.08. The number of aromatic amines is 1. The zero-order chi connectivity index (χ0) is 13.8. The fraction of sp³-hybridized carbons (Fsp3) is 0.400. The van der Waals surface area contributed by atoms with Crippen LogP contribution in [0.3, 0.4) is 0 Å². The lowest BCUT2D eigenvalue weighted by molar-refractivity contribution is 0.0953. The van der Waals surface area contributed by atoms with E-state index in [-0.39, 0.29) is 24.1 Å². The Labute approximate surface area is 105 Å². The quantitative estimate of drug-likeness (QED) is 0.596. The summed E-state index contributed by atoms with van der Waals surface area (Å²) in [7, 11) is -3.27. The van der Waals surface area contributed by atoms with Crippen LogP contribution in [-0.2, 0) is 10.0 Å². The van der Waals surface area contributed by atoms with Gasteiger partial charge in [0, 0.05) is 31.0 Å². The summed E-state index contributed by atoms with van der Waals surface area (Å²) in [5, 5.41) is 2.45. The van der Waals surface area contributed by atoms with E-state index >= 15 is 0 Å². The topological polar surface area (TPSA) is 108 Å². The SMILES string of the molecule is Cc1cc(=O)c(C(=O)NCCNS(C)(=O)=O)c[nH]1. The van der Waals surface area contributed by atoms with E-state index in [2.05, 4.69) is 15.0 Å². The Morgan fingerprint density at radius 2 is 2.06 bits per heavy atom. The molecule has 0 aliphatic heterocycles. The van der Waals surface area contributed by atoms with Gasteiger partial charge < -0.3 is 10.3 Å². The maximum absolute atomic E-state index is 11.6. The molecule has 3 N–H and O–H groups in total. The van der Waals surface area contributed by atoms with Gasteiger partial charge in [0.15, 0.2) is 5.43 Å². The standard InChI is InChI=1S/C10H15N3O4S/c1-7-5-9(14)8(6-12-7)10(15)11-3-4-13-18(2,16)17/h5-6,13H,3-4H2,1-2H3,(H,11,15)(H,12,14). The Morgan fingerprint density at radius 1 is 1.39 bits per heavy atom. The normalized spacial score (nSPS) is 11.2. The van der Waals surface area contributed by atoms with Crippen molar-refractivity contribution in [1.82, 2.24) is 15.0 Å². The predicted molar refractivity (Wildman–Crippen MR) is 67.0 cm³/mol. The van der Waals surface area contributed by atoms with Crippen LogP contribution in [0.5, 0.6) is 0 Å². The van der Waals surface area contributed by atoms with Crippen LogP contribution in [0.2, 0.25) is 0 Å². The minimum absolute atomic E-state index is 0.0000411. The smallest absolute Gasteiger partial charge is 0.256 e. The summed E-state index contributed by atoms with van der Waals surface area (Å²) < 4.78 is 23.7. The Hall–Kier alpha value is -1.67. The molecule has 1 aromatic heterocycles. The molecule has 18 heavy (non-hydrogen) atoms. The van der Waals surface area contributed by atoms with E-state index in [1.54, 1.807) is 6.92 Å². The summed E-state index contributed by atoms with van der Waals surface area (Å²) in [5.74, 6) is -0.536. The van der Waals surface area contributed by atoms with Crippen molar-refractivity contribution in [2.75, 3.05) is 19.3 Å². The molecule has 0 fully saturated rings. The van der Waals surface area contributed by atoms with Crippen molar-refractivity contribution in [2.24, 2.45) is 0 Å². The van der Waals surface area contributed by atoms with Gasteiger partial charge >= 0.3 is 0 Å². The van der Waals surface area contributed by atoms with E-state index in [0.717, 1.165) is 6.26 Å². The van der Waals surface area contributed by atoms with Crippen molar-refractivity contribution in [1.29, 1.82) is 0 Å². The van der Waals surface area contributed by atoms with Gasteiger partial charge in [-0.15, -0.1) is 0 Å². The van der Waals surface area contributed by atoms with Gasteiger partial charge in [-0.2, -0.15) is 0 Å². The van der Waals surface area contributed by atoms with E-state index < -0.39 is 15.9 Å². The molecule has 0 saturated heterocycles. The average molecular weight is 273 g/mol. The minimum Gasteiger partial charge on any atom is -0.364 e.